The first kappa shape index (κ1) is 28.4. The quantitative estimate of drug-likeness (QED) is 0.139. The second-order valence-corrected chi connectivity index (χ2v) is 13.1. The molecule has 9 aromatic carbocycles. The first-order chi connectivity index (χ1) is 24.8. The lowest BCUT2D eigenvalue weighted by molar-refractivity contribution is 1.45. The van der Waals surface area contributed by atoms with E-state index in [4.69, 9.17) is 4.98 Å². The molecule has 0 bridgehead atoms. The maximum Gasteiger partial charge on any atom is 0.0708 e. The lowest BCUT2D eigenvalue weighted by atomic mass is 9.81. The first-order valence-corrected chi connectivity index (χ1v) is 17.2. The standard InChI is InChI=1S/C49H31N/c1-3-15-32(16-4-1)41-27-34-19-7-9-21-36(34)29-43(41)47-38-23-11-12-24-39(38)48(49-40-25-13-14-26-46(40)50-31-45(47)49)44-30-37-22-10-8-20-35(37)28-42(44)33-17-5-2-6-18-33/h1-31H. The molecule has 0 aliphatic rings. The van der Waals surface area contributed by atoms with Gasteiger partial charge in [-0.1, -0.05) is 152 Å². The molecule has 0 N–H and O–H groups in total. The topological polar surface area (TPSA) is 12.9 Å². The zero-order valence-corrected chi connectivity index (χ0v) is 27.3. The Morgan fingerprint density at radius 1 is 0.300 bits per heavy atom. The van der Waals surface area contributed by atoms with Gasteiger partial charge in [0.05, 0.1) is 5.52 Å². The van der Waals surface area contributed by atoms with Crippen molar-refractivity contribution in [1.82, 2.24) is 4.98 Å². The van der Waals surface area contributed by atoms with Gasteiger partial charge in [-0.15, -0.1) is 0 Å². The van der Waals surface area contributed by atoms with Crippen molar-refractivity contribution in [2.24, 2.45) is 0 Å². The summed E-state index contributed by atoms with van der Waals surface area (Å²) in [5.74, 6) is 0. The van der Waals surface area contributed by atoms with Crippen molar-refractivity contribution in [3.05, 3.63) is 188 Å². The third kappa shape index (κ3) is 4.52. The number of pyridine rings is 1. The summed E-state index contributed by atoms with van der Waals surface area (Å²) in [6.45, 7) is 0. The van der Waals surface area contributed by atoms with E-state index in [2.05, 4.69) is 188 Å². The van der Waals surface area contributed by atoms with Gasteiger partial charge >= 0.3 is 0 Å². The summed E-state index contributed by atoms with van der Waals surface area (Å²) in [6.07, 6.45) is 2.12. The summed E-state index contributed by atoms with van der Waals surface area (Å²) in [5.41, 5.74) is 10.7. The molecule has 1 heteroatoms. The molecule has 0 unspecified atom stereocenters. The molecule has 0 saturated carbocycles. The summed E-state index contributed by atoms with van der Waals surface area (Å²) in [7, 11) is 0. The van der Waals surface area contributed by atoms with Crippen LogP contribution in [0.5, 0.6) is 0 Å². The molecular weight excluding hydrogens is 603 g/mol. The fraction of sp³-hybridized carbons (Fsp3) is 0. The second kappa shape index (κ2) is 11.5. The monoisotopic (exact) mass is 633 g/mol. The van der Waals surface area contributed by atoms with E-state index in [1.165, 1.54) is 82.2 Å². The van der Waals surface area contributed by atoms with Gasteiger partial charge in [0.1, 0.15) is 0 Å². The number of hydrogen-bond donors (Lipinski definition) is 0. The molecule has 0 fully saturated rings. The van der Waals surface area contributed by atoms with Crippen LogP contribution in [0.3, 0.4) is 0 Å². The number of nitrogens with zero attached hydrogens (tertiary/aromatic N) is 1. The van der Waals surface area contributed by atoms with E-state index >= 15 is 0 Å². The van der Waals surface area contributed by atoms with Crippen LogP contribution < -0.4 is 0 Å². The van der Waals surface area contributed by atoms with Gasteiger partial charge in [-0.05, 0) is 107 Å². The summed E-state index contributed by atoms with van der Waals surface area (Å²) < 4.78 is 0. The molecule has 1 aromatic heterocycles. The maximum atomic E-state index is 5.13. The normalized spacial score (nSPS) is 11.6. The minimum absolute atomic E-state index is 0.992. The highest BCUT2D eigenvalue weighted by molar-refractivity contribution is 6.29. The molecule has 10 aromatic rings. The van der Waals surface area contributed by atoms with Gasteiger partial charge in [-0.2, -0.15) is 0 Å². The van der Waals surface area contributed by atoms with Crippen molar-refractivity contribution in [2.75, 3.05) is 0 Å². The SMILES string of the molecule is c1ccc(-c2cc3ccccc3cc2-c2c3ccccc3c(-c3cc4ccccc4cc3-c3ccccc3)c3c2cnc2ccccc23)cc1. The minimum atomic E-state index is 0.992. The molecule has 0 atom stereocenters. The van der Waals surface area contributed by atoms with Crippen LogP contribution in [0, 0.1) is 0 Å². The van der Waals surface area contributed by atoms with Gasteiger partial charge in [-0.25, -0.2) is 0 Å². The van der Waals surface area contributed by atoms with Gasteiger partial charge in [0, 0.05) is 22.4 Å². The van der Waals surface area contributed by atoms with Crippen molar-refractivity contribution >= 4 is 54.0 Å². The average molecular weight is 634 g/mol. The Bertz CT molecular complexity index is 2910. The average Bonchev–Trinajstić information content (AvgIpc) is 3.19. The molecule has 0 radical (unpaired) electrons. The Morgan fingerprint density at radius 3 is 1.24 bits per heavy atom. The van der Waals surface area contributed by atoms with E-state index in [-0.39, 0.29) is 0 Å². The van der Waals surface area contributed by atoms with E-state index < -0.39 is 0 Å². The predicted molar refractivity (Wildman–Crippen MR) is 214 cm³/mol. The molecule has 10 rings (SSSR count). The van der Waals surface area contributed by atoms with Crippen LogP contribution in [0.4, 0.5) is 0 Å². The van der Waals surface area contributed by atoms with Gasteiger partial charge < -0.3 is 0 Å². The minimum Gasteiger partial charge on any atom is -0.256 e. The van der Waals surface area contributed by atoms with Crippen LogP contribution in [0.15, 0.2) is 188 Å². The fourth-order valence-electron chi connectivity index (χ4n) is 7.98. The van der Waals surface area contributed by atoms with Crippen LogP contribution in [0.1, 0.15) is 0 Å². The highest BCUT2D eigenvalue weighted by Crippen LogP contribution is 2.50. The van der Waals surface area contributed by atoms with Crippen molar-refractivity contribution in [3.63, 3.8) is 0 Å². The molecule has 0 saturated heterocycles. The highest BCUT2D eigenvalue weighted by Gasteiger charge is 2.23. The van der Waals surface area contributed by atoms with Crippen LogP contribution in [0.25, 0.3) is 98.5 Å². The zero-order chi connectivity index (χ0) is 33.0. The van der Waals surface area contributed by atoms with Gasteiger partial charge in [0.25, 0.3) is 0 Å². The lowest BCUT2D eigenvalue weighted by Gasteiger charge is -2.23. The smallest absolute Gasteiger partial charge is 0.0708 e. The molecule has 1 heterocycles. The molecular formula is C49H31N. The number of fused-ring (bicyclic) bond motifs is 6. The molecule has 0 spiro atoms. The Kier molecular flexibility index (Phi) is 6.57. The number of para-hydroxylation sites is 1. The lowest BCUT2D eigenvalue weighted by Crippen LogP contribution is -1.96. The van der Waals surface area contributed by atoms with E-state index in [0.717, 1.165) is 16.3 Å². The number of hydrogen-bond acceptors (Lipinski definition) is 1. The van der Waals surface area contributed by atoms with Crippen LogP contribution >= 0.6 is 0 Å². The Labute approximate surface area is 290 Å². The number of rotatable bonds is 4. The van der Waals surface area contributed by atoms with Crippen molar-refractivity contribution < 1.29 is 0 Å². The predicted octanol–water partition coefficient (Wildman–Crippen LogP) is 13.5. The summed E-state index contributed by atoms with van der Waals surface area (Å²) >= 11 is 0. The Balaban J connectivity index is 1.43. The van der Waals surface area contributed by atoms with Crippen LogP contribution in [0.2, 0.25) is 0 Å². The van der Waals surface area contributed by atoms with Gasteiger partial charge in [0.15, 0.2) is 0 Å². The summed E-state index contributed by atoms with van der Waals surface area (Å²) in [5, 5.41) is 10.9. The second-order valence-electron chi connectivity index (χ2n) is 13.1. The number of benzene rings is 9. The van der Waals surface area contributed by atoms with E-state index in [0.29, 0.717) is 0 Å². The summed E-state index contributed by atoms with van der Waals surface area (Å²) in [6, 6.07) is 66.2. The van der Waals surface area contributed by atoms with Gasteiger partial charge in [-0.3, -0.25) is 4.98 Å². The molecule has 50 heavy (non-hydrogen) atoms. The third-order valence-corrected chi connectivity index (χ3v) is 10.2. The zero-order valence-electron chi connectivity index (χ0n) is 27.3. The largest absolute Gasteiger partial charge is 0.256 e. The van der Waals surface area contributed by atoms with E-state index in [9.17, 15) is 0 Å². The van der Waals surface area contributed by atoms with Gasteiger partial charge in [0.2, 0.25) is 0 Å². The molecule has 0 aliphatic heterocycles. The van der Waals surface area contributed by atoms with Crippen LogP contribution in [-0.4, -0.2) is 4.98 Å². The fourth-order valence-corrected chi connectivity index (χ4v) is 7.98. The van der Waals surface area contributed by atoms with E-state index in [1.54, 1.807) is 0 Å². The molecule has 0 amide bonds. The van der Waals surface area contributed by atoms with Crippen molar-refractivity contribution in [2.45, 2.75) is 0 Å². The number of aromatic nitrogens is 1. The Morgan fingerprint density at radius 2 is 0.700 bits per heavy atom. The Hall–Kier alpha value is -6.57. The molecule has 1 nitrogen and oxygen atoms in total. The molecule has 232 valence electrons. The summed E-state index contributed by atoms with van der Waals surface area (Å²) in [4.78, 5) is 5.13. The van der Waals surface area contributed by atoms with Crippen molar-refractivity contribution in [1.29, 1.82) is 0 Å². The third-order valence-electron chi connectivity index (χ3n) is 10.2. The first-order valence-electron chi connectivity index (χ1n) is 17.2. The molecule has 0 aliphatic carbocycles. The van der Waals surface area contributed by atoms with Crippen LogP contribution in [-0.2, 0) is 0 Å². The maximum absolute atomic E-state index is 5.13. The highest BCUT2D eigenvalue weighted by atomic mass is 14.7. The van der Waals surface area contributed by atoms with Crippen molar-refractivity contribution in [3.8, 4) is 44.5 Å². The van der Waals surface area contributed by atoms with E-state index in [1.807, 2.05) is 0 Å².